The molecule has 4 nitrogen and oxygen atoms in total. The van der Waals surface area contributed by atoms with Gasteiger partial charge in [-0.3, -0.25) is 4.98 Å². The summed E-state index contributed by atoms with van der Waals surface area (Å²) in [5.74, 6) is -2.58. The van der Waals surface area contributed by atoms with Crippen molar-refractivity contribution < 1.29 is 17.2 Å². The first-order valence-corrected chi connectivity index (χ1v) is 9.41. The fraction of sp³-hybridized carbons (Fsp3) is 0. The van der Waals surface area contributed by atoms with Gasteiger partial charge in [-0.1, -0.05) is 29.3 Å². The molecule has 3 aromatic rings. The summed E-state index contributed by atoms with van der Waals surface area (Å²) in [5.41, 5.74) is 1.37. The zero-order valence-electron chi connectivity index (χ0n) is 12.9. The monoisotopic (exact) mass is 414 g/mol. The van der Waals surface area contributed by atoms with E-state index in [4.69, 9.17) is 28.3 Å². The van der Waals surface area contributed by atoms with Crippen LogP contribution in [0.4, 0.5) is 8.78 Å². The van der Waals surface area contributed by atoms with Gasteiger partial charge in [-0.15, -0.1) is 0 Å². The summed E-state index contributed by atoms with van der Waals surface area (Å²) >= 11 is 12.0. The Morgan fingerprint density at radius 3 is 2.04 bits per heavy atom. The lowest BCUT2D eigenvalue weighted by molar-refractivity contribution is 0.520. The van der Waals surface area contributed by atoms with Crippen LogP contribution in [0, 0.1) is 11.6 Å². The number of nitrogens with two attached hydrogens (primary N) is 1. The van der Waals surface area contributed by atoms with Crippen molar-refractivity contribution in [1.29, 1.82) is 0 Å². The van der Waals surface area contributed by atoms with Crippen LogP contribution in [0.2, 0.25) is 10.0 Å². The Labute approximate surface area is 158 Å². The SMILES string of the molecule is NS(=O)(=O)c1c(F)cc(-c2cccnc2-c2cc(Cl)cc(Cl)c2)cc1F. The van der Waals surface area contributed by atoms with Gasteiger partial charge in [-0.25, -0.2) is 22.3 Å². The minimum Gasteiger partial charge on any atom is -0.256 e. The van der Waals surface area contributed by atoms with Crippen LogP contribution >= 0.6 is 23.2 Å². The molecule has 0 radical (unpaired) electrons. The van der Waals surface area contributed by atoms with Crippen LogP contribution in [-0.4, -0.2) is 13.4 Å². The van der Waals surface area contributed by atoms with Crippen LogP contribution in [0.15, 0.2) is 53.6 Å². The van der Waals surface area contributed by atoms with E-state index in [1.54, 1.807) is 24.3 Å². The van der Waals surface area contributed by atoms with Crippen molar-refractivity contribution in [1.82, 2.24) is 4.98 Å². The van der Waals surface area contributed by atoms with E-state index in [-0.39, 0.29) is 5.56 Å². The average Bonchev–Trinajstić information content (AvgIpc) is 2.52. The molecule has 9 heteroatoms. The molecule has 0 atom stereocenters. The first kappa shape index (κ1) is 18.7. The number of aromatic nitrogens is 1. The van der Waals surface area contributed by atoms with E-state index in [2.05, 4.69) is 4.98 Å². The summed E-state index contributed by atoms with van der Waals surface area (Å²) in [6.07, 6.45) is 1.50. The van der Waals surface area contributed by atoms with Gasteiger partial charge >= 0.3 is 0 Å². The summed E-state index contributed by atoms with van der Waals surface area (Å²) in [4.78, 5) is 3.05. The van der Waals surface area contributed by atoms with Gasteiger partial charge in [0, 0.05) is 27.4 Å². The molecule has 134 valence electrons. The van der Waals surface area contributed by atoms with Gasteiger partial charge in [-0.05, 0) is 42.0 Å². The van der Waals surface area contributed by atoms with Crippen molar-refractivity contribution in [2.24, 2.45) is 5.14 Å². The van der Waals surface area contributed by atoms with Crippen LogP contribution < -0.4 is 5.14 Å². The zero-order chi connectivity index (χ0) is 19.1. The lowest BCUT2D eigenvalue weighted by Gasteiger charge is -2.11. The van der Waals surface area contributed by atoms with E-state index in [0.717, 1.165) is 12.1 Å². The maximum absolute atomic E-state index is 14.2. The highest BCUT2D eigenvalue weighted by Gasteiger charge is 2.22. The van der Waals surface area contributed by atoms with E-state index >= 15 is 0 Å². The standard InChI is InChI=1S/C17H10Cl2F2N2O2S/c18-11-4-10(5-12(19)8-11)16-13(2-1-3-23-16)9-6-14(20)17(15(21)7-9)26(22,24)25/h1-8H,(H2,22,24,25). The Balaban J connectivity index is 2.24. The first-order valence-electron chi connectivity index (χ1n) is 7.10. The molecule has 26 heavy (non-hydrogen) atoms. The molecule has 0 fully saturated rings. The van der Waals surface area contributed by atoms with E-state index in [9.17, 15) is 17.2 Å². The summed E-state index contributed by atoms with van der Waals surface area (Å²) in [6.45, 7) is 0. The quantitative estimate of drug-likeness (QED) is 0.677. The number of sulfonamides is 1. The number of benzene rings is 2. The highest BCUT2D eigenvalue weighted by molar-refractivity contribution is 7.89. The number of nitrogens with zero attached hydrogens (tertiary/aromatic N) is 1. The second kappa shape index (κ2) is 6.92. The Hall–Kier alpha value is -2.06. The Kier molecular flexibility index (Phi) is 4.98. The normalized spacial score (nSPS) is 11.6. The summed E-state index contributed by atoms with van der Waals surface area (Å²) in [7, 11) is -4.54. The van der Waals surface area contributed by atoms with Gasteiger partial charge in [-0.2, -0.15) is 0 Å². The third-order valence-electron chi connectivity index (χ3n) is 3.54. The number of primary sulfonamides is 1. The second-order valence-corrected chi connectivity index (χ2v) is 7.74. The molecule has 1 heterocycles. The fourth-order valence-corrected chi connectivity index (χ4v) is 3.73. The molecule has 0 unspecified atom stereocenters. The van der Waals surface area contributed by atoms with Gasteiger partial charge in [0.15, 0.2) is 4.90 Å². The van der Waals surface area contributed by atoms with Crippen LogP contribution in [0.1, 0.15) is 0 Å². The lowest BCUT2D eigenvalue weighted by atomic mass is 9.99. The van der Waals surface area contributed by atoms with Crippen molar-refractivity contribution in [2.75, 3.05) is 0 Å². The number of rotatable bonds is 3. The predicted octanol–water partition coefficient (Wildman–Crippen LogP) is 4.65. The summed E-state index contributed by atoms with van der Waals surface area (Å²) < 4.78 is 51.1. The van der Waals surface area contributed by atoms with Gasteiger partial charge < -0.3 is 0 Å². The smallest absolute Gasteiger partial charge is 0.243 e. The van der Waals surface area contributed by atoms with E-state index < -0.39 is 26.6 Å². The number of pyridine rings is 1. The zero-order valence-corrected chi connectivity index (χ0v) is 15.2. The summed E-state index contributed by atoms with van der Waals surface area (Å²) in [6, 6.07) is 9.67. The van der Waals surface area contributed by atoms with E-state index in [1.165, 1.54) is 12.3 Å². The van der Waals surface area contributed by atoms with Crippen LogP contribution in [0.3, 0.4) is 0 Å². The molecular formula is C17H10Cl2F2N2O2S. The fourth-order valence-electron chi connectivity index (χ4n) is 2.55. The molecule has 2 N–H and O–H groups in total. The van der Waals surface area contributed by atoms with Gasteiger partial charge in [0.1, 0.15) is 11.6 Å². The Morgan fingerprint density at radius 1 is 0.923 bits per heavy atom. The maximum atomic E-state index is 14.2. The number of hydrogen-bond donors (Lipinski definition) is 1. The predicted molar refractivity (Wildman–Crippen MR) is 96.4 cm³/mol. The average molecular weight is 415 g/mol. The van der Waals surface area contributed by atoms with E-state index in [0.29, 0.717) is 26.9 Å². The molecule has 1 aromatic heterocycles. The van der Waals surface area contributed by atoms with Crippen molar-refractivity contribution >= 4 is 33.2 Å². The highest BCUT2D eigenvalue weighted by atomic mass is 35.5. The van der Waals surface area contributed by atoms with Crippen molar-refractivity contribution in [3.05, 3.63) is 70.3 Å². The molecule has 0 aliphatic rings. The topological polar surface area (TPSA) is 73.1 Å². The number of hydrogen-bond acceptors (Lipinski definition) is 3. The van der Waals surface area contributed by atoms with Gasteiger partial charge in [0.2, 0.25) is 10.0 Å². The molecule has 0 saturated heterocycles. The molecule has 0 spiro atoms. The molecule has 0 bridgehead atoms. The van der Waals surface area contributed by atoms with Crippen LogP contribution in [0.5, 0.6) is 0 Å². The van der Waals surface area contributed by atoms with Crippen LogP contribution in [0.25, 0.3) is 22.4 Å². The minimum atomic E-state index is -4.54. The van der Waals surface area contributed by atoms with Crippen LogP contribution in [-0.2, 0) is 10.0 Å². The number of halogens is 4. The second-order valence-electron chi connectivity index (χ2n) is 5.37. The minimum absolute atomic E-state index is 0.0894. The third-order valence-corrected chi connectivity index (χ3v) is 4.93. The third kappa shape index (κ3) is 3.71. The van der Waals surface area contributed by atoms with Crippen molar-refractivity contribution in [2.45, 2.75) is 4.90 Å². The molecular weight excluding hydrogens is 405 g/mol. The van der Waals surface area contributed by atoms with Gasteiger partial charge in [0.05, 0.1) is 5.69 Å². The summed E-state index contributed by atoms with van der Waals surface area (Å²) in [5, 5.41) is 5.59. The Bertz CT molecular complexity index is 1080. The molecule has 0 aliphatic carbocycles. The molecule has 0 amide bonds. The molecule has 0 aliphatic heterocycles. The first-order chi connectivity index (χ1) is 12.2. The molecule has 2 aromatic carbocycles. The largest absolute Gasteiger partial charge is 0.256 e. The lowest BCUT2D eigenvalue weighted by Crippen LogP contribution is -2.16. The van der Waals surface area contributed by atoms with Gasteiger partial charge in [0.25, 0.3) is 0 Å². The highest BCUT2D eigenvalue weighted by Crippen LogP contribution is 2.35. The molecule has 0 saturated carbocycles. The Morgan fingerprint density at radius 2 is 1.50 bits per heavy atom. The van der Waals surface area contributed by atoms with E-state index in [1.807, 2.05) is 0 Å². The van der Waals surface area contributed by atoms with Crippen molar-refractivity contribution in [3.63, 3.8) is 0 Å². The maximum Gasteiger partial charge on any atom is 0.243 e. The molecule has 3 rings (SSSR count). The van der Waals surface area contributed by atoms with Crippen molar-refractivity contribution in [3.8, 4) is 22.4 Å².